The van der Waals surface area contributed by atoms with E-state index in [4.69, 9.17) is 4.99 Å². The summed E-state index contributed by atoms with van der Waals surface area (Å²) < 4.78 is 13.5. The zero-order valence-electron chi connectivity index (χ0n) is 14.9. The van der Waals surface area contributed by atoms with E-state index in [2.05, 4.69) is 22.5 Å². The maximum Gasteiger partial charge on any atom is 0.191 e. The molecule has 1 aromatic rings. The molecule has 0 aromatic heterocycles. The Balaban J connectivity index is 0.00000288. The fraction of sp³-hybridized carbons (Fsp3) is 0.611. The van der Waals surface area contributed by atoms with Crippen molar-refractivity contribution >= 4 is 29.9 Å². The van der Waals surface area contributed by atoms with E-state index in [0.29, 0.717) is 12.6 Å². The van der Waals surface area contributed by atoms with Gasteiger partial charge >= 0.3 is 0 Å². The molecule has 1 aliphatic rings. The molecular formula is C18H30FIN4. The van der Waals surface area contributed by atoms with Crippen molar-refractivity contribution in [2.75, 3.05) is 27.2 Å². The van der Waals surface area contributed by atoms with Crippen LogP contribution in [0.2, 0.25) is 0 Å². The first kappa shape index (κ1) is 21.2. The number of halogens is 2. The Bertz CT molecular complexity index is 515. The molecular weight excluding hydrogens is 418 g/mol. The van der Waals surface area contributed by atoms with E-state index >= 15 is 0 Å². The summed E-state index contributed by atoms with van der Waals surface area (Å²) in [6.45, 7) is 3.51. The molecule has 2 N–H and O–H groups in total. The second-order valence-electron chi connectivity index (χ2n) is 6.38. The lowest BCUT2D eigenvalue weighted by atomic mass is 10.1. The molecule has 6 heteroatoms. The van der Waals surface area contributed by atoms with Crippen LogP contribution in [-0.4, -0.2) is 44.1 Å². The molecule has 0 aliphatic heterocycles. The highest BCUT2D eigenvalue weighted by molar-refractivity contribution is 14.0. The second-order valence-corrected chi connectivity index (χ2v) is 6.38. The largest absolute Gasteiger partial charge is 0.357 e. The Morgan fingerprint density at radius 1 is 1.33 bits per heavy atom. The number of nitrogens with zero attached hydrogens (tertiary/aromatic N) is 2. The van der Waals surface area contributed by atoms with Crippen LogP contribution in [0.25, 0.3) is 0 Å². The van der Waals surface area contributed by atoms with Crippen LogP contribution >= 0.6 is 24.0 Å². The predicted molar refractivity (Wildman–Crippen MR) is 110 cm³/mol. The van der Waals surface area contributed by atoms with Crippen LogP contribution < -0.4 is 10.6 Å². The number of hydrogen-bond acceptors (Lipinski definition) is 2. The van der Waals surface area contributed by atoms with E-state index in [0.717, 1.165) is 18.1 Å². The topological polar surface area (TPSA) is 39.7 Å². The monoisotopic (exact) mass is 448 g/mol. The van der Waals surface area contributed by atoms with Crippen LogP contribution in [0.4, 0.5) is 4.39 Å². The molecule has 0 radical (unpaired) electrons. The molecule has 4 nitrogen and oxygen atoms in total. The number of aliphatic imine (C=N–C) groups is 1. The zero-order valence-corrected chi connectivity index (χ0v) is 17.2. The Labute approximate surface area is 162 Å². The number of guanidine groups is 1. The smallest absolute Gasteiger partial charge is 0.191 e. The summed E-state index contributed by atoms with van der Waals surface area (Å²) in [5, 5.41) is 6.83. The van der Waals surface area contributed by atoms with Crippen LogP contribution in [0.5, 0.6) is 0 Å². The van der Waals surface area contributed by atoms with E-state index in [-0.39, 0.29) is 35.8 Å². The number of rotatable bonds is 6. The number of nitrogens with one attached hydrogen (secondary N) is 2. The van der Waals surface area contributed by atoms with Gasteiger partial charge in [-0.15, -0.1) is 24.0 Å². The lowest BCUT2D eigenvalue weighted by Crippen LogP contribution is -2.42. The van der Waals surface area contributed by atoms with E-state index < -0.39 is 0 Å². The molecule has 1 atom stereocenters. The van der Waals surface area contributed by atoms with Gasteiger partial charge < -0.3 is 15.5 Å². The van der Waals surface area contributed by atoms with Gasteiger partial charge in [0.1, 0.15) is 5.82 Å². The summed E-state index contributed by atoms with van der Waals surface area (Å²) in [4.78, 5) is 6.82. The molecule has 0 saturated heterocycles. The standard InChI is InChI=1S/C18H29FN4.HI/c1-4-20-18(22-16-10-5-6-11-16)21-13-17(23(2)3)14-8-7-9-15(19)12-14;/h7-9,12,16-17H,4-6,10-11,13H2,1-3H3,(H2,20,21,22);1H. The molecule has 1 saturated carbocycles. The summed E-state index contributed by atoms with van der Waals surface area (Å²) >= 11 is 0. The molecule has 0 amide bonds. The molecule has 1 aliphatic carbocycles. The Hall–Kier alpha value is -0.890. The van der Waals surface area contributed by atoms with Crippen LogP contribution in [-0.2, 0) is 0 Å². The van der Waals surface area contributed by atoms with Gasteiger partial charge in [0, 0.05) is 12.6 Å². The lowest BCUT2D eigenvalue weighted by molar-refractivity contribution is 0.305. The Kier molecular flexibility index (Phi) is 9.58. The molecule has 1 fully saturated rings. The summed E-state index contributed by atoms with van der Waals surface area (Å²) in [5.41, 5.74) is 0.954. The van der Waals surface area contributed by atoms with Gasteiger partial charge in [0.05, 0.1) is 12.6 Å². The van der Waals surface area contributed by atoms with Crippen LogP contribution in [0.1, 0.15) is 44.2 Å². The molecule has 136 valence electrons. The number of hydrogen-bond donors (Lipinski definition) is 2. The highest BCUT2D eigenvalue weighted by Gasteiger charge is 2.18. The first-order valence-electron chi connectivity index (χ1n) is 8.57. The minimum absolute atomic E-state index is 0. The molecule has 24 heavy (non-hydrogen) atoms. The van der Waals surface area contributed by atoms with Crippen molar-refractivity contribution < 1.29 is 4.39 Å². The maximum absolute atomic E-state index is 13.5. The van der Waals surface area contributed by atoms with Crippen LogP contribution in [0.15, 0.2) is 29.3 Å². The van der Waals surface area contributed by atoms with Gasteiger partial charge in [-0.05, 0) is 51.6 Å². The van der Waals surface area contributed by atoms with Gasteiger partial charge in [-0.3, -0.25) is 4.99 Å². The predicted octanol–water partition coefficient (Wildman–Crippen LogP) is 3.54. The van der Waals surface area contributed by atoms with Crippen molar-refractivity contribution in [3.05, 3.63) is 35.6 Å². The van der Waals surface area contributed by atoms with Gasteiger partial charge in [-0.2, -0.15) is 0 Å². The number of likely N-dealkylation sites (N-methyl/N-ethyl adjacent to an activating group) is 1. The quantitative estimate of drug-likeness (QED) is 0.398. The highest BCUT2D eigenvalue weighted by atomic mass is 127. The molecule has 1 aromatic carbocycles. The zero-order chi connectivity index (χ0) is 16.7. The van der Waals surface area contributed by atoms with Crippen LogP contribution in [0, 0.1) is 5.82 Å². The van der Waals surface area contributed by atoms with Gasteiger partial charge in [0.2, 0.25) is 0 Å². The first-order chi connectivity index (χ1) is 11.1. The van der Waals surface area contributed by atoms with E-state index in [1.54, 1.807) is 12.1 Å². The lowest BCUT2D eigenvalue weighted by Gasteiger charge is -2.24. The SMILES string of the molecule is CCNC(=NCC(c1cccc(F)c1)N(C)C)NC1CCCC1.I. The third-order valence-corrected chi connectivity index (χ3v) is 4.32. The van der Waals surface area contributed by atoms with E-state index in [1.807, 2.05) is 20.2 Å². The number of benzene rings is 1. The fourth-order valence-corrected chi connectivity index (χ4v) is 3.04. The molecule has 0 spiro atoms. The average Bonchev–Trinajstić information content (AvgIpc) is 3.00. The van der Waals surface area contributed by atoms with Crippen molar-refractivity contribution in [2.45, 2.75) is 44.7 Å². The maximum atomic E-state index is 13.5. The molecule has 0 bridgehead atoms. The fourth-order valence-electron chi connectivity index (χ4n) is 3.04. The molecule has 2 rings (SSSR count). The van der Waals surface area contributed by atoms with Crippen molar-refractivity contribution in [3.63, 3.8) is 0 Å². The van der Waals surface area contributed by atoms with Gasteiger partial charge in [-0.1, -0.05) is 25.0 Å². The summed E-state index contributed by atoms with van der Waals surface area (Å²) in [6, 6.07) is 7.38. The Morgan fingerprint density at radius 2 is 2.04 bits per heavy atom. The third kappa shape index (κ3) is 6.55. The third-order valence-electron chi connectivity index (χ3n) is 4.32. The minimum Gasteiger partial charge on any atom is -0.357 e. The minimum atomic E-state index is -0.200. The van der Waals surface area contributed by atoms with Crippen molar-refractivity contribution in [1.82, 2.24) is 15.5 Å². The van der Waals surface area contributed by atoms with E-state index in [1.165, 1.54) is 31.7 Å². The summed E-state index contributed by atoms with van der Waals surface area (Å²) in [7, 11) is 4.00. The molecule has 1 unspecified atom stereocenters. The van der Waals surface area contributed by atoms with Gasteiger partial charge in [-0.25, -0.2) is 4.39 Å². The first-order valence-corrected chi connectivity index (χ1v) is 8.57. The Morgan fingerprint density at radius 3 is 2.62 bits per heavy atom. The second kappa shape index (κ2) is 10.9. The molecule has 0 heterocycles. The van der Waals surface area contributed by atoms with Gasteiger partial charge in [0.15, 0.2) is 5.96 Å². The summed E-state index contributed by atoms with van der Waals surface area (Å²) in [6.07, 6.45) is 5.01. The van der Waals surface area contributed by atoms with Crippen molar-refractivity contribution in [3.8, 4) is 0 Å². The van der Waals surface area contributed by atoms with Crippen molar-refractivity contribution in [2.24, 2.45) is 4.99 Å². The normalized spacial score (nSPS) is 16.8. The van der Waals surface area contributed by atoms with Gasteiger partial charge in [0.25, 0.3) is 0 Å². The summed E-state index contributed by atoms with van der Waals surface area (Å²) in [5.74, 6) is 0.664. The average molecular weight is 448 g/mol. The highest BCUT2D eigenvalue weighted by Crippen LogP contribution is 2.20. The van der Waals surface area contributed by atoms with Crippen molar-refractivity contribution in [1.29, 1.82) is 0 Å². The van der Waals surface area contributed by atoms with Crippen LogP contribution in [0.3, 0.4) is 0 Å². The van der Waals surface area contributed by atoms with E-state index in [9.17, 15) is 4.39 Å².